The molecule has 0 amide bonds. The lowest BCUT2D eigenvalue weighted by Crippen LogP contribution is -2.05. The zero-order valence-corrected chi connectivity index (χ0v) is 11.1. The predicted molar refractivity (Wildman–Crippen MR) is 72.5 cm³/mol. The van der Waals surface area contributed by atoms with Crippen molar-refractivity contribution in [3.8, 4) is 17.0 Å². The Hall–Kier alpha value is -2.43. The Bertz CT molecular complexity index is 621. The lowest BCUT2D eigenvalue weighted by Gasteiger charge is -2.06. The van der Waals surface area contributed by atoms with Crippen molar-refractivity contribution in [1.82, 2.24) is 9.97 Å². The Morgan fingerprint density at radius 1 is 1.20 bits per heavy atom. The van der Waals surface area contributed by atoms with E-state index in [4.69, 9.17) is 4.74 Å². The van der Waals surface area contributed by atoms with Gasteiger partial charge in [0, 0.05) is 5.56 Å². The van der Waals surface area contributed by atoms with E-state index in [1.54, 1.807) is 6.20 Å². The molecule has 2 aromatic rings. The number of nitrogens with zero attached hydrogens (tertiary/aromatic N) is 2. The van der Waals surface area contributed by atoms with Crippen molar-refractivity contribution in [2.45, 2.75) is 18.9 Å². The maximum absolute atomic E-state index is 11.4. The molecule has 1 aliphatic carbocycles. The Labute approximate surface area is 116 Å². The third kappa shape index (κ3) is 2.77. The summed E-state index contributed by atoms with van der Waals surface area (Å²) in [5.41, 5.74) is 1.71. The van der Waals surface area contributed by atoms with E-state index in [9.17, 15) is 4.79 Å². The maximum Gasteiger partial charge on any atom is 0.358 e. The Balaban J connectivity index is 1.82. The highest BCUT2D eigenvalue weighted by Crippen LogP contribution is 2.28. The molecule has 3 rings (SSSR count). The summed E-state index contributed by atoms with van der Waals surface area (Å²) in [4.78, 5) is 19.7. The first-order valence-corrected chi connectivity index (χ1v) is 6.44. The fourth-order valence-electron chi connectivity index (χ4n) is 1.79. The van der Waals surface area contributed by atoms with Gasteiger partial charge in [-0.3, -0.25) is 4.98 Å². The second-order valence-corrected chi connectivity index (χ2v) is 4.62. The van der Waals surface area contributed by atoms with Gasteiger partial charge in [0.05, 0.1) is 31.3 Å². The molecule has 5 nitrogen and oxygen atoms in total. The van der Waals surface area contributed by atoms with Crippen LogP contribution in [0.25, 0.3) is 11.3 Å². The number of aromatic nitrogens is 2. The highest BCUT2D eigenvalue weighted by atomic mass is 16.5. The van der Waals surface area contributed by atoms with Gasteiger partial charge >= 0.3 is 5.97 Å². The summed E-state index contributed by atoms with van der Waals surface area (Å²) in [6.07, 6.45) is 5.65. The van der Waals surface area contributed by atoms with Crippen molar-refractivity contribution in [2.75, 3.05) is 7.11 Å². The standard InChI is InChI=1S/C15H14N2O3/c1-19-15(18)14-9-16-8-13(17-14)10-2-4-11(5-3-10)20-12-6-7-12/h2-5,8-9,12H,6-7H2,1H3. The van der Waals surface area contributed by atoms with Crippen LogP contribution in [0.1, 0.15) is 23.3 Å². The van der Waals surface area contributed by atoms with Gasteiger partial charge in [0.15, 0.2) is 5.69 Å². The molecule has 1 saturated carbocycles. The summed E-state index contributed by atoms with van der Waals surface area (Å²) in [7, 11) is 1.32. The number of carbonyl (C=O) groups excluding carboxylic acids is 1. The number of methoxy groups -OCH3 is 1. The van der Waals surface area contributed by atoms with E-state index in [1.165, 1.54) is 13.3 Å². The van der Waals surface area contributed by atoms with E-state index in [0.717, 1.165) is 24.2 Å². The summed E-state index contributed by atoms with van der Waals surface area (Å²) in [6.45, 7) is 0. The summed E-state index contributed by atoms with van der Waals surface area (Å²) in [6, 6.07) is 7.62. The molecule has 5 heteroatoms. The molecule has 0 unspecified atom stereocenters. The van der Waals surface area contributed by atoms with Crippen molar-refractivity contribution >= 4 is 5.97 Å². The first kappa shape index (κ1) is 12.6. The fourth-order valence-corrected chi connectivity index (χ4v) is 1.79. The molecule has 0 radical (unpaired) electrons. The highest BCUT2D eigenvalue weighted by molar-refractivity contribution is 5.87. The average Bonchev–Trinajstić information content (AvgIpc) is 3.31. The van der Waals surface area contributed by atoms with Crippen LogP contribution in [0.2, 0.25) is 0 Å². The molecule has 1 aliphatic rings. The topological polar surface area (TPSA) is 61.3 Å². The van der Waals surface area contributed by atoms with Crippen LogP contribution in [0.3, 0.4) is 0 Å². The van der Waals surface area contributed by atoms with Crippen LogP contribution < -0.4 is 4.74 Å². The van der Waals surface area contributed by atoms with Crippen LogP contribution in [0, 0.1) is 0 Å². The summed E-state index contributed by atoms with van der Waals surface area (Å²) < 4.78 is 10.3. The lowest BCUT2D eigenvalue weighted by molar-refractivity contribution is 0.0593. The van der Waals surface area contributed by atoms with Crippen LogP contribution in [-0.4, -0.2) is 29.2 Å². The number of ether oxygens (including phenoxy) is 2. The molecule has 0 saturated heterocycles. The minimum Gasteiger partial charge on any atom is -0.490 e. The van der Waals surface area contributed by atoms with Crippen molar-refractivity contribution in [3.05, 3.63) is 42.4 Å². The molecule has 1 aromatic carbocycles. The van der Waals surface area contributed by atoms with Crippen molar-refractivity contribution in [3.63, 3.8) is 0 Å². The van der Waals surface area contributed by atoms with E-state index in [1.807, 2.05) is 24.3 Å². The maximum atomic E-state index is 11.4. The van der Waals surface area contributed by atoms with Crippen LogP contribution in [-0.2, 0) is 4.74 Å². The summed E-state index contributed by atoms with van der Waals surface area (Å²) in [5.74, 6) is 0.362. The molecule has 1 aromatic heterocycles. The molecule has 102 valence electrons. The zero-order valence-electron chi connectivity index (χ0n) is 11.1. The van der Waals surface area contributed by atoms with Crippen molar-refractivity contribution < 1.29 is 14.3 Å². The van der Waals surface area contributed by atoms with Crippen LogP contribution >= 0.6 is 0 Å². The SMILES string of the molecule is COC(=O)c1cncc(-c2ccc(OC3CC3)cc2)n1. The molecular weight excluding hydrogens is 256 g/mol. The third-order valence-corrected chi connectivity index (χ3v) is 3.01. The van der Waals surface area contributed by atoms with Gasteiger partial charge in [-0.2, -0.15) is 0 Å². The number of hydrogen-bond acceptors (Lipinski definition) is 5. The molecule has 1 fully saturated rings. The van der Waals surface area contributed by atoms with Crippen molar-refractivity contribution in [2.24, 2.45) is 0 Å². The fraction of sp³-hybridized carbons (Fsp3) is 0.267. The lowest BCUT2D eigenvalue weighted by atomic mass is 10.1. The van der Waals surface area contributed by atoms with Gasteiger partial charge in [0.2, 0.25) is 0 Å². The van der Waals surface area contributed by atoms with Gasteiger partial charge in [-0.25, -0.2) is 9.78 Å². The summed E-state index contributed by atoms with van der Waals surface area (Å²) in [5, 5.41) is 0. The van der Waals surface area contributed by atoms with Gasteiger partial charge in [-0.1, -0.05) is 0 Å². The average molecular weight is 270 g/mol. The van der Waals surface area contributed by atoms with E-state index in [0.29, 0.717) is 11.8 Å². The number of esters is 1. The first-order chi connectivity index (χ1) is 9.76. The first-order valence-electron chi connectivity index (χ1n) is 6.44. The van der Waals surface area contributed by atoms with Crippen LogP contribution in [0.5, 0.6) is 5.75 Å². The van der Waals surface area contributed by atoms with E-state index >= 15 is 0 Å². The van der Waals surface area contributed by atoms with Crippen LogP contribution in [0.4, 0.5) is 0 Å². The largest absolute Gasteiger partial charge is 0.490 e. The molecule has 0 spiro atoms. The molecule has 1 heterocycles. The van der Waals surface area contributed by atoms with Crippen molar-refractivity contribution in [1.29, 1.82) is 0 Å². The quantitative estimate of drug-likeness (QED) is 0.799. The molecular formula is C15H14N2O3. The van der Waals surface area contributed by atoms with Gasteiger partial charge in [-0.05, 0) is 37.1 Å². The molecule has 0 bridgehead atoms. The number of benzene rings is 1. The monoisotopic (exact) mass is 270 g/mol. The number of carbonyl (C=O) groups is 1. The molecule has 20 heavy (non-hydrogen) atoms. The minimum absolute atomic E-state index is 0.198. The molecule has 0 N–H and O–H groups in total. The number of hydrogen-bond donors (Lipinski definition) is 0. The second-order valence-electron chi connectivity index (χ2n) is 4.62. The third-order valence-electron chi connectivity index (χ3n) is 3.01. The smallest absolute Gasteiger partial charge is 0.358 e. The number of rotatable bonds is 4. The van der Waals surface area contributed by atoms with E-state index in [2.05, 4.69) is 14.7 Å². The normalized spacial score (nSPS) is 13.8. The molecule has 0 aliphatic heterocycles. The Kier molecular flexibility index (Phi) is 3.33. The van der Waals surface area contributed by atoms with Gasteiger partial charge < -0.3 is 9.47 Å². The Morgan fingerprint density at radius 3 is 2.60 bits per heavy atom. The van der Waals surface area contributed by atoms with Crippen LogP contribution in [0.15, 0.2) is 36.7 Å². The van der Waals surface area contributed by atoms with E-state index in [-0.39, 0.29) is 5.69 Å². The second kappa shape index (κ2) is 5.28. The summed E-state index contributed by atoms with van der Waals surface area (Å²) >= 11 is 0. The Morgan fingerprint density at radius 2 is 1.95 bits per heavy atom. The van der Waals surface area contributed by atoms with Gasteiger partial charge in [0.25, 0.3) is 0 Å². The molecule has 0 atom stereocenters. The highest BCUT2D eigenvalue weighted by Gasteiger charge is 2.23. The predicted octanol–water partition coefficient (Wildman–Crippen LogP) is 2.47. The van der Waals surface area contributed by atoms with E-state index < -0.39 is 5.97 Å². The van der Waals surface area contributed by atoms with Gasteiger partial charge in [0.1, 0.15) is 5.75 Å². The minimum atomic E-state index is -0.493. The zero-order chi connectivity index (χ0) is 13.9. The van der Waals surface area contributed by atoms with Gasteiger partial charge in [-0.15, -0.1) is 0 Å².